The first-order valence-electron chi connectivity index (χ1n) is 6.58. The highest BCUT2D eigenvalue weighted by molar-refractivity contribution is 9.10. The Kier molecular flexibility index (Phi) is 4.01. The van der Waals surface area contributed by atoms with Crippen molar-refractivity contribution in [1.29, 1.82) is 0 Å². The van der Waals surface area contributed by atoms with Crippen LogP contribution < -0.4 is 5.32 Å². The van der Waals surface area contributed by atoms with E-state index >= 15 is 0 Å². The molecular formula is C16H13BrN2O2. The van der Waals surface area contributed by atoms with Crippen LogP contribution in [0.3, 0.4) is 0 Å². The molecule has 3 rings (SSSR count). The molecular weight excluding hydrogens is 332 g/mol. The topological polar surface area (TPSA) is 50.7 Å². The number of amides is 1. The molecule has 0 saturated heterocycles. The van der Waals surface area contributed by atoms with Gasteiger partial charge in [0.15, 0.2) is 6.10 Å². The molecule has 1 atom stereocenters. The van der Waals surface area contributed by atoms with Gasteiger partial charge in [-0.05, 0) is 34.1 Å². The number of nitrogens with one attached hydrogen (secondary N) is 1. The normalized spacial score (nSPS) is 16.5. The van der Waals surface area contributed by atoms with E-state index in [2.05, 4.69) is 26.4 Å². The Morgan fingerprint density at radius 2 is 1.95 bits per heavy atom. The van der Waals surface area contributed by atoms with Crippen LogP contribution in [0.1, 0.15) is 28.4 Å². The van der Waals surface area contributed by atoms with Crippen LogP contribution in [0.15, 0.2) is 58.2 Å². The quantitative estimate of drug-likeness (QED) is 0.909. The Bertz CT molecular complexity index is 692. The van der Waals surface area contributed by atoms with Gasteiger partial charge in [0.05, 0.1) is 5.56 Å². The van der Waals surface area contributed by atoms with Gasteiger partial charge in [-0.2, -0.15) is 0 Å². The summed E-state index contributed by atoms with van der Waals surface area (Å²) in [7, 11) is 0. The minimum atomic E-state index is -0.158. The number of anilines is 1. The molecule has 1 heterocycles. The first kappa shape index (κ1) is 13.8. The van der Waals surface area contributed by atoms with Gasteiger partial charge in [-0.3, -0.25) is 4.79 Å². The van der Waals surface area contributed by atoms with E-state index < -0.39 is 0 Å². The van der Waals surface area contributed by atoms with Gasteiger partial charge >= 0.3 is 0 Å². The smallest absolute Gasteiger partial charge is 0.256 e. The Morgan fingerprint density at radius 1 is 1.19 bits per heavy atom. The number of rotatable bonds is 3. The fraction of sp³-hybridized carbons (Fsp3) is 0.125. The van der Waals surface area contributed by atoms with Crippen LogP contribution in [0.25, 0.3) is 0 Å². The van der Waals surface area contributed by atoms with Crippen molar-refractivity contribution in [3.8, 4) is 0 Å². The summed E-state index contributed by atoms with van der Waals surface area (Å²) in [5.74, 6) is -0.158. The summed E-state index contributed by atoms with van der Waals surface area (Å²) >= 11 is 3.39. The van der Waals surface area contributed by atoms with Crippen LogP contribution in [-0.4, -0.2) is 12.1 Å². The van der Waals surface area contributed by atoms with Gasteiger partial charge in [0.2, 0.25) is 0 Å². The third-order valence-corrected chi connectivity index (χ3v) is 3.95. The second-order valence-electron chi connectivity index (χ2n) is 4.64. The molecule has 0 bridgehead atoms. The maximum atomic E-state index is 12.4. The molecule has 1 aliphatic rings. The van der Waals surface area contributed by atoms with E-state index in [1.807, 2.05) is 42.5 Å². The lowest BCUT2D eigenvalue weighted by Crippen LogP contribution is -2.14. The lowest BCUT2D eigenvalue weighted by atomic mass is 10.0. The molecule has 0 radical (unpaired) electrons. The SMILES string of the molecule is O=C(Nc1ccccc1[C@H]1CC=NO1)c1ccccc1Br. The van der Waals surface area contributed by atoms with Crippen molar-refractivity contribution in [1.82, 2.24) is 0 Å². The molecule has 4 nitrogen and oxygen atoms in total. The van der Waals surface area contributed by atoms with Crippen molar-refractivity contribution in [3.63, 3.8) is 0 Å². The average Bonchev–Trinajstić information content (AvgIpc) is 3.02. The summed E-state index contributed by atoms with van der Waals surface area (Å²) in [4.78, 5) is 17.7. The van der Waals surface area contributed by atoms with Gasteiger partial charge < -0.3 is 10.2 Å². The maximum Gasteiger partial charge on any atom is 0.256 e. The summed E-state index contributed by atoms with van der Waals surface area (Å²) in [5.41, 5.74) is 2.26. The van der Waals surface area contributed by atoms with Crippen molar-refractivity contribution in [2.24, 2.45) is 5.16 Å². The fourth-order valence-corrected chi connectivity index (χ4v) is 2.67. The zero-order valence-electron chi connectivity index (χ0n) is 11.1. The molecule has 5 heteroatoms. The summed E-state index contributed by atoms with van der Waals surface area (Å²) in [5, 5.41) is 6.73. The van der Waals surface area contributed by atoms with Crippen LogP contribution in [0, 0.1) is 0 Å². The minimum absolute atomic E-state index is 0.138. The zero-order chi connectivity index (χ0) is 14.7. The van der Waals surface area contributed by atoms with Crippen molar-refractivity contribution >= 4 is 33.7 Å². The lowest BCUT2D eigenvalue weighted by Gasteiger charge is -2.15. The second-order valence-corrected chi connectivity index (χ2v) is 5.49. The molecule has 1 N–H and O–H groups in total. The molecule has 0 unspecified atom stereocenters. The molecule has 1 aliphatic heterocycles. The highest BCUT2D eigenvalue weighted by Crippen LogP contribution is 2.31. The van der Waals surface area contributed by atoms with Gasteiger partial charge in [0.1, 0.15) is 0 Å². The highest BCUT2D eigenvalue weighted by atomic mass is 79.9. The van der Waals surface area contributed by atoms with Crippen molar-refractivity contribution in [3.05, 3.63) is 64.1 Å². The standard InChI is InChI=1S/C16H13BrN2O2/c17-13-7-3-1-5-11(13)16(20)19-14-8-4-2-6-12(14)15-9-10-18-21-15/h1-8,10,15H,9H2,(H,19,20)/t15-/m1/s1. The molecule has 21 heavy (non-hydrogen) atoms. The Hall–Kier alpha value is -2.14. The van der Waals surface area contributed by atoms with Gasteiger partial charge in [-0.1, -0.05) is 35.5 Å². The third-order valence-electron chi connectivity index (χ3n) is 3.26. The lowest BCUT2D eigenvalue weighted by molar-refractivity contribution is 0.0861. The zero-order valence-corrected chi connectivity index (χ0v) is 12.7. The summed E-state index contributed by atoms with van der Waals surface area (Å²) in [6.07, 6.45) is 2.31. The molecule has 0 spiro atoms. The number of benzene rings is 2. The fourth-order valence-electron chi connectivity index (χ4n) is 2.21. The number of hydrogen-bond donors (Lipinski definition) is 1. The van der Waals surface area contributed by atoms with E-state index in [4.69, 9.17) is 4.84 Å². The number of carbonyl (C=O) groups is 1. The number of para-hydroxylation sites is 1. The highest BCUT2D eigenvalue weighted by Gasteiger charge is 2.20. The van der Waals surface area contributed by atoms with Gasteiger partial charge in [-0.25, -0.2) is 0 Å². The third kappa shape index (κ3) is 2.97. The summed E-state index contributed by atoms with van der Waals surface area (Å²) in [6, 6.07) is 14.9. The van der Waals surface area contributed by atoms with Crippen LogP contribution in [0.5, 0.6) is 0 Å². The Morgan fingerprint density at radius 3 is 2.71 bits per heavy atom. The molecule has 0 saturated carbocycles. The number of hydrogen-bond acceptors (Lipinski definition) is 3. The van der Waals surface area contributed by atoms with E-state index in [0.717, 1.165) is 15.7 Å². The van der Waals surface area contributed by atoms with E-state index in [-0.39, 0.29) is 12.0 Å². The van der Waals surface area contributed by atoms with Crippen LogP contribution in [0.4, 0.5) is 5.69 Å². The molecule has 0 fully saturated rings. The van der Waals surface area contributed by atoms with Crippen molar-refractivity contribution in [2.75, 3.05) is 5.32 Å². The number of carbonyl (C=O) groups excluding carboxylic acids is 1. The van der Waals surface area contributed by atoms with Gasteiger partial charge in [-0.15, -0.1) is 0 Å². The van der Waals surface area contributed by atoms with Crippen LogP contribution in [-0.2, 0) is 4.84 Å². The largest absolute Gasteiger partial charge is 0.387 e. The maximum absolute atomic E-state index is 12.4. The van der Waals surface area contributed by atoms with E-state index in [1.165, 1.54) is 0 Å². The van der Waals surface area contributed by atoms with Gasteiger partial charge in [0, 0.05) is 28.4 Å². The average molecular weight is 345 g/mol. The first-order valence-corrected chi connectivity index (χ1v) is 7.37. The molecule has 1 amide bonds. The van der Waals surface area contributed by atoms with Crippen molar-refractivity contribution in [2.45, 2.75) is 12.5 Å². The molecule has 2 aromatic carbocycles. The molecule has 106 valence electrons. The monoisotopic (exact) mass is 344 g/mol. The predicted octanol–water partition coefficient (Wildman–Crippen LogP) is 4.15. The van der Waals surface area contributed by atoms with Crippen LogP contribution >= 0.6 is 15.9 Å². The minimum Gasteiger partial charge on any atom is -0.387 e. The molecule has 0 aliphatic carbocycles. The van der Waals surface area contributed by atoms with Crippen molar-refractivity contribution < 1.29 is 9.63 Å². The number of nitrogens with zero attached hydrogens (tertiary/aromatic N) is 1. The Balaban J connectivity index is 1.85. The van der Waals surface area contributed by atoms with E-state index in [0.29, 0.717) is 12.0 Å². The Labute approximate surface area is 130 Å². The van der Waals surface area contributed by atoms with Gasteiger partial charge in [0.25, 0.3) is 5.91 Å². The number of oxime groups is 1. The number of halogens is 1. The summed E-state index contributed by atoms with van der Waals surface area (Å²) in [6.45, 7) is 0. The molecule has 2 aromatic rings. The molecule has 0 aromatic heterocycles. The van der Waals surface area contributed by atoms with Crippen LogP contribution in [0.2, 0.25) is 0 Å². The summed E-state index contributed by atoms with van der Waals surface area (Å²) < 4.78 is 0.764. The first-order chi connectivity index (χ1) is 10.3. The van der Waals surface area contributed by atoms with E-state index in [9.17, 15) is 4.79 Å². The van der Waals surface area contributed by atoms with E-state index in [1.54, 1.807) is 12.3 Å². The predicted molar refractivity (Wildman–Crippen MR) is 85.5 cm³/mol. The second kappa shape index (κ2) is 6.10.